The Morgan fingerprint density at radius 3 is 2.69 bits per heavy atom. The number of anilines is 2. The maximum Gasteiger partial charge on any atom is 0.268 e. The van der Waals surface area contributed by atoms with Crippen LogP contribution in [-0.4, -0.2) is 55.3 Å². The summed E-state index contributed by atoms with van der Waals surface area (Å²) in [6.07, 6.45) is -0.0367. The van der Waals surface area contributed by atoms with E-state index in [1.165, 1.54) is 0 Å². The number of hydrogen-bond acceptors (Lipinski definition) is 5. The van der Waals surface area contributed by atoms with Gasteiger partial charge in [-0.1, -0.05) is 43.6 Å². The first-order valence-corrected chi connectivity index (χ1v) is 9.66. The van der Waals surface area contributed by atoms with Gasteiger partial charge in [0.2, 0.25) is 6.10 Å². The predicted octanol–water partition coefficient (Wildman–Crippen LogP) is 3.22. The molecule has 26 heavy (non-hydrogen) atoms. The van der Waals surface area contributed by atoms with E-state index in [-0.39, 0.29) is 11.8 Å². The van der Waals surface area contributed by atoms with Crippen molar-refractivity contribution >= 4 is 34.6 Å². The Labute approximate surface area is 160 Å². The van der Waals surface area contributed by atoms with Gasteiger partial charge in [0.1, 0.15) is 0 Å². The van der Waals surface area contributed by atoms with Crippen LogP contribution in [0.2, 0.25) is 5.02 Å². The number of carbonyl (C=O) groups excluding carboxylic acids is 1. The lowest BCUT2D eigenvalue weighted by atomic mass is 10.0. The zero-order valence-corrected chi connectivity index (χ0v) is 16.4. The minimum atomic E-state index is -0.573. The molecule has 142 valence electrons. The van der Waals surface area contributed by atoms with Crippen molar-refractivity contribution in [3.05, 3.63) is 23.2 Å². The largest absolute Gasteiger partial charge is 0.382 e. The summed E-state index contributed by atoms with van der Waals surface area (Å²) in [5.41, 5.74) is 2.54. The van der Waals surface area contributed by atoms with Gasteiger partial charge in [-0.25, -0.2) is 0 Å². The van der Waals surface area contributed by atoms with Crippen LogP contribution in [-0.2, 0) is 9.63 Å². The minimum Gasteiger partial charge on any atom is -0.382 e. The average molecular weight is 379 g/mol. The van der Waals surface area contributed by atoms with E-state index in [9.17, 15) is 4.79 Å². The molecular formula is C19H27ClN4O2. The molecule has 0 bridgehead atoms. The summed E-state index contributed by atoms with van der Waals surface area (Å²) >= 11 is 6.48. The molecule has 0 aliphatic carbocycles. The third kappa shape index (κ3) is 4.13. The highest BCUT2D eigenvalue weighted by Gasteiger charge is 2.30. The van der Waals surface area contributed by atoms with Gasteiger partial charge in [-0.15, -0.1) is 0 Å². The molecule has 1 saturated heterocycles. The fourth-order valence-electron chi connectivity index (χ4n) is 3.32. The Balaban J connectivity index is 1.71. The van der Waals surface area contributed by atoms with E-state index >= 15 is 0 Å². The number of oxime groups is 1. The van der Waals surface area contributed by atoms with Gasteiger partial charge in [-0.3, -0.25) is 4.79 Å². The summed E-state index contributed by atoms with van der Waals surface area (Å²) in [5, 5.41) is 7.69. The van der Waals surface area contributed by atoms with Crippen LogP contribution in [0, 0.1) is 5.92 Å². The second-order valence-corrected chi connectivity index (χ2v) is 7.49. The highest BCUT2D eigenvalue weighted by molar-refractivity contribution is 6.34. The van der Waals surface area contributed by atoms with Crippen molar-refractivity contribution in [2.45, 2.75) is 33.3 Å². The Kier molecular flexibility index (Phi) is 6.04. The van der Waals surface area contributed by atoms with Crippen molar-refractivity contribution in [1.29, 1.82) is 0 Å². The second-order valence-electron chi connectivity index (χ2n) is 7.08. The van der Waals surface area contributed by atoms with Gasteiger partial charge in [0.25, 0.3) is 5.91 Å². The van der Waals surface area contributed by atoms with Crippen LogP contribution in [0.15, 0.2) is 23.4 Å². The maximum absolute atomic E-state index is 12.6. The quantitative estimate of drug-likeness (QED) is 0.854. The van der Waals surface area contributed by atoms with E-state index in [4.69, 9.17) is 16.4 Å². The number of nitrogens with zero attached hydrogens (tertiary/aromatic N) is 3. The first kappa shape index (κ1) is 19.0. The van der Waals surface area contributed by atoms with E-state index in [0.717, 1.165) is 49.8 Å². The molecular weight excluding hydrogens is 352 g/mol. The van der Waals surface area contributed by atoms with E-state index < -0.39 is 6.10 Å². The highest BCUT2D eigenvalue weighted by Crippen LogP contribution is 2.35. The molecule has 0 saturated carbocycles. The van der Waals surface area contributed by atoms with E-state index in [2.05, 4.69) is 27.2 Å². The SMILES string of the molecule is CCN1CCN(c2c(Cl)cccc2NC(=O)[C@@H]2CC(C(C)C)=NO2)CC1. The van der Waals surface area contributed by atoms with E-state index in [1.807, 2.05) is 32.0 Å². The minimum absolute atomic E-state index is 0.180. The lowest BCUT2D eigenvalue weighted by Crippen LogP contribution is -2.46. The molecule has 0 aromatic heterocycles. The smallest absolute Gasteiger partial charge is 0.268 e. The normalized spacial score (nSPS) is 20.9. The summed E-state index contributed by atoms with van der Waals surface area (Å²) in [6.45, 7) is 11.1. The number of hydrogen-bond donors (Lipinski definition) is 1. The second kappa shape index (κ2) is 8.27. The highest BCUT2D eigenvalue weighted by atomic mass is 35.5. The molecule has 0 unspecified atom stereocenters. The molecule has 3 rings (SSSR count). The van der Waals surface area contributed by atoms with Crippen molar-refractivity contribution in [3.63, 3.8) is 0 Å². The lowest BCUT2D eigenvalue weighted by molar-refractivity contribution is -0.125. The van der Waals surface area contributed by atoms with Crippen molar-refractivity contribution in [2.24, 2.45) is 11.1 Å². The average Bonchev–Trinajstić information content (AvgIpc) is 3.13. The molecule has 0 radical (unpaired) electrons. The monoisotopic (exact) mass is 378 g/mol. The van der Waals surface area contributed by atoms with Gasteiger partial charge in [0.05, 0.1) is 22.1 Å². The van der Waals surface area contributed by atoms with Crippen molar-refractivity contribution in [3.8, 4) is 0 Å². The van der Waals surface area contributed by atoms with Crippen LogP contribution in [0.4, 0.5) is 11.4 Å². The maximum atomic E-state index is 12.6. The third-order valence-corrected chi connectivity index (χ3v) is 5.34. The van der Waals surface area contributed by atoms with Crippen molar-refractivity contribution < 1.29 is 9.63 Å². The fraction of sp³-hybridized carbons (Fsp3) is 0.579. The number of nitrogens with one attached hydrogen (secondary N) is 1. The van der Waals surface area contributed by atoms with Gasteiger partial charge < -0.3 is 20.0 Å². The molecule has 1 N–H and O–H groups in total. The number of likely N-dealkylation sites (N-methyl/N-ethyl adjacent to an activating group) is 1. The predicted molar refractivity (Wildman–Crippen MR) is 106 cm³/mol. The Bertz CT molecular complexity index is 684. The number of benzene rings is 1. The molecule has 6 nitrogen and oxygen atoms in total. The summed E-state index contributed by atoms with van der Waals surface area (Å²) in [4.78, 5) is 22.6. The Morgan fingerprint density at radius 2 is 2.08 bits per heavy atom. The summed E-state index contributed by atoms with van der Waals surface area (Å²) in [6, 6.07) is 5.62. The van der Waals surface area contributed by atoms with Gasteiger partial charge in [-0.2, -0.15) is 0 Å². The van der Waals surface area contributed by atoms with E-state index in [0.29, 0.717) is 11.4 Å². The molecule has 7 heteroatoms. The third-order valence-electron chi connectivity index (χ3n) is 5.03. The van der Waals surface area contributed by atoms with Crippen molar-refractivity contribution in [1.82, 2.24) is 4.90 Å². The molecule has 0 spiro atoms. The first-order chi connectivity index (χ1) is 12.5. The molecule has 2 aliphatic rings. The van der Waals surface area contributed by atoms with Gasteiger partial charge in [0, 0.05) is 32.6 Å². The topological polar surface area (TPSA) is 57.2 Å². The molecule has 1 atom stereocenters. The molecule has 1 amide bonds. The molecule has 2 aliphatic heterocycles. The van der Waals surface area contributed by atoms with Gasteiger partial charge in [-0.05, 0) is 24.6 Å². The fourth-order valence-corrected chi connectivity index (χ4v) is 3.61. The number of amides is 1. The van der Waals surface area contributed by atoms with Crippen LogP contribution in [0.3, 0.4) is 0 Å². The van der Waals surface area contributed by atoms with Crippen LogP contribution >= 0.6 is 11.6 Å². The van der Waals surface area contributed by atoms with Crippen LogP contribution in [0.25, 0.3) is 0 Å². The Morgan fingerprint density at radius 1 is 1.35 bits per heavy atom. The van der Waals surface area contributed by atoms with E-state index in [1.54, 1.807) is 0 Å². The standard InChI is InChI=1S/C19H27ClN4O2/c1-4-23-8-10-24(11-9-23)18-14(20)6-5-7-15(18)21-19(25)17-12-16(13(2)3)22-26-17/h5-7,13,17H,4,8-12H2,1-3H3,(H,21,25)/t17-/m0/s1. The molecule has 2 heterocycles. The molecule has 1 aromatic rings. The Hall–Kier alpha value is -1.79. The van der Waals surface area contributed by atoms with Crippen LogP contribution in [0.5, 0.6) is 0 Å². The summed E-state index contributed by atoms with van der Waals surface area (Å²) < 4.78 is 0. The van der Waals surface area contributed by atoms with Crippen LogP contribution in [0.1, 0.15) is 27.2 Å². The molecule has 1 fully saturated rings. The number of piperazine rings is 1. The lowest BCUT2D eigenvalue weighted by Gasteiger charge is -2.36. The number of halogens is 1. The number of carbonyl (C=O) groups is 1. The first-order valence-electron chi connectivity index (χ1n) is 9.28. The van der Waals surface area contributed by atoms with Gasteiger partial charge >= 0.3 is 0 Å². The molecule has 1 aromatic carbocycles. The number of para-hydroxylation sites is 1. The number of rotatable bonds is 5. The summed E-state index contributed by atoms with van der Waals surface area (Å²) in [5.74, 6) is 0.101. The van der Waals surface area contributed by atoms with Gasteiger partial charge in [0.15, 0.2) is 0 Å². The zero-order valence-electron chi connectivity index (χ0n) is 15.7. The van der Waals surface area contributed by atoms with Crippen molar-refractivity contribution in [2.75, 3.05) is 42.9 Å². The summed E-state index contributed by atoms with van der Waals surface area (Å²) in [7, 11) is 0. The van der Waals surface area contributed by atoms with Crippen LogP contribution < -0.4 is 10.2 Å². The zero-order chi connectivity index (χ0) is 18.7.